The van der Waals surface area contributed by atoms with Crippen LogP contribution in [-0.4, -0.2) is 36.9 Å². The first kappa shape index (κ1) is 16.7. The molecule has 0 aromatic heterocycles. The van der Waals surface area contributed by atoms with Crippen molar-refractivity contribution < 1.29 is 19.4 Å². The van der Waals surface area contributed by atoms with E-state index in [0.29, 0.717) is 25.3 Å². The number of nitrogens with one attached hydrogen (secondary N) is 1. The molecule has 0 saturated carbocycles. The highest BCUT2D eigenvalue weighted by atomic mass is 16.5. The van der Waals surface area contributed by atoms with Gasteiger partial charge in [-0.15, -0.1) is 0 Å². The van der Waals surface area contributed by atoms with Gasteiger partial charge in [-0.3, -0.25) is 4.79 Å². The quantitative estimate of drug-likeness (QED) is 0.427. The first-order chi connectivity index (χ1) is 8.45. The Kier molecular flexibility index (Phi) is 9.00. The van der Waals surface area contributed by atoms with Crippen LogP contribution in [0.1, 0.15) is 33.1 Å². The van der Waals surface area contributed by atoms with Gasteiger partial charge in [0.1, 0.15) is 0 Å². The van der Waals surface area contributed by atoms with Gasteiger partial charge < -0.3 is 20.9 Å². The van der Waals surface area contributed by atoms with E-state index in [1.165, 1.54) is 0 Å². The lowest BCUT2D eigenvalue weighted by Gasteiger charge is -2.16. The number of carbonyl (C=O) groups excluding carboxylic acids is 1. The normalized spacial score (nSPS) is 12.2. The topological polar surface area (TPSA) is 102 Å². The molecule has 0 aliphatic rings. The molecule has 0 spiro atoms. The highest BCUT2D eigenvalue weighted by Crippen LogP contribution is 2.14. The molecule has 0 heterocycles. The Bertz CT molecular complexity index is 256. The van der Waals surface area contributed by atoms with Gasteiger partial charge in [-0.1, -0.05) is 13.8 Å². The van der Waals surface area contributed by atoms with Crippen molar-refractivity contribution in [3.63, 3.8) is 0 Å². The molecule has 1 atom stereocenters. The van der Waals surface area contributed by atoms with Gasteiger partial charge in [0.2, 0.25) is 0 Å². The highest BCUT2D eigenvalue weighted by Gasteiger charge is 2.14. The van der Waals surface area contributed by atoms with E-state index >= 15 is 0 Å². The fourth-order valence-electron chi connectivity index (χ4n) is 1.68. The highest BCUT2D eigenvalue weighted by molar-refractivity contribution is 5.69. The Hall–Kier alpha value is -1.30. The van der Waals surface area contributed by atoms with E-state index in [-0.39, 0.29) is 25.0 Å². The summed E-state index contributed by atoms with van der Waals surface area (Å²) in [7, 11) is 0. The van der Waals surface area contributed by atoms with E-state index in [2.05, 4.69) is 19.2 Å². The third-order valence-corrected chi connectivity index (χ3v) is 2.45. The van der Waals surface area contributed by atoms with E-state index in [0.717, 1.165) is 6.42 Å². The molecule has 18 heavy (non-hydrogen) atoms. The van der Waals surface area contributed by atoms with E-state index in [9.17, 15) is 9.59 Å². The molecular formula is C12H24N2O4. The second kappa shape index (κ2) is 9.70. The van der Waals surface area contributed by atoms with Crippen LogP contribution in [0.3, 0.4) is 0 Å². The summed E-state index contributed by atoms with van der Waals surface area (Å²) in [6.07, 6.45) is 0.657. The lowest BCUT2D eigenvalue weighted by molar-refractivity contribution is -0.144. The van der Waals surface area contributed by atoms with Crippen LogP contribution >= 0.6 is 0 Å². The minimum absolute atomic E-state index is 0.162. The average Bonchev–Trinajstić information content (AvgIpc) is 2.26. The summed E-state index contributed by atoms with van der Waals surface area (Å²) >= 11 is 0. The smallest absolute Gasteiger partial charge is 0.404 e. The fraction of sp³-hybridized carbons (Fsp3) is 0.833. The fourth-order valence-corrected chi connectivity index (χ4v) is 1.68. The maximum atomic E-state index is 11.5. The standard InChI is InChI=1S/C12H24N2O4/c1-9(2)6-10(8-13)7-11(15)18-5-3-4-14-12(16)17/h9-10,14H,3-8,13H2,1-2H3,(H,16,17). The zero-order valence-electron chi connectivity index (χ0n) is 11.1. The second-order valence-electron chi connectivity index (χ2n) is 4.74. The van der Waals surface area contributed by atoms with E-state index in [1.807, 2.05) is 0 Å². The molecule has 0 saturated heterocycles. The van der Waals surface area contributed by atoms with Crippen molar-refractivity contribution >= 4 is 12.1 Å². The Morgan fingerprint density at radius 2 is 2.06 bits per heavy atom. The Labute approximate surface area is 108 Å². The number of ether oxygens (including phenoxy) is 1. The first-order valence-corrected chi connectivity index (χ1v) is 6.28. The van der Waals surface area contributed by atoms with Crippen molar-refractivity contribution in [3.05, 3.63) is 0 Å². The number of amides is 1. The van der Waals surface area contributed by atoms with Crippen LogP contribution in [0.5, 0.6) is 0 Å². The minimum Gasteiger partial charge on any atom is -0.466 e. The van der Waals surface area contributed by atoms with Gasteiger partial charge in [0.25, 0.3) is 0 Å². The predicted molar refractivity (Wildman–Crippen MR) is 68.2 cm³/mol. The number of rotatable bonds is 9. The molecule has 0 fully saturated rings. The molecule has 6 nitrogen and oxygen atoms in total. The first-order valence-electron chi connectivity index (χ1n) is 6.28. The largest absolute Gasteiger partial charge is 0.466 e. The molecular weight excluding hydrogens is 236 g/mol. The van der Waals surface area contributed by atoms with Crippen molar-refractivity contribution in [1.29, 1.82) is 0 Å². The number of hydrogen-bond acceptors (Lipinski definition) is 4. The van der Waals surface area contributed by atoms with Crippen molar-refractivity contribution in [1.82, 2.24) is 5.32 Å². The summed E-state index contributed by atoms with van der Waals surface area (Å²) in [6.45, 7) is 5.18. The molecule has 0 aromatic rings. The average molecular weight is 260 g/mol. The molecule has 0 aliphatic carbocycles. The summed E-state index contributed by atoms with van der Waals surface area (Å²) < 4.78 is 5.01. The maximum absolute atomic E-state index is 11.5. The number of carboxylic acid groups (broad SMARTS) is 1. The van der Waals surface area contributed by atoms with Crippen LogP contribution in [0.4, 0.5) is 4.79 Å². The van der Waals surface area contributed by atoms with Crippen LogP contribution in [0, 0.1) is 11.8 Å². The molecule has 4 N–H and O–H groups in total. The summed E-state index contributed by atoms with van der Waals surface area (Å²) in [6, 6.07) is 0. The van der Waals surface area contributed by atoms with Crippen molar-refractivity contribution in [2.24, 2.45) is 17.6 Å². The van der Waals surface area contributed by atoms with Crippen molar-refractivity contribution in [3.8, 4) is 0 Å². The van der Waals surface area contributed by atoms with Gasteiger partial charge >= 0.3 is 12.1 Å². The number of nitrogens with two attached hydrogens (primary N) is 1. The summed E-state index contributed by atoms with van der Waals surface area (Å²) in [5.74, 6) is 0.405. The Morgan fingerprint density at radius 3 is 2.56 bits per heavy atom. The van der Waals surface area contributed by atoms with Gasteiger partial charge in [-0.2, -0.15) is 0 Å². The monoisotopic (exact) mass is 260 g/mol. The Morgan fingerprint density at radius 1 is 1.39 bits per heavy atom. The van der Waals surface area contributed by atoms with Gasteiger partial charge in [-0.05, 0) is 31.2 Å². The van der Waals surface area contributed by atoms with Crippen LogP contribution in [-0.2, 0) is 9.53 Å². The summed E-state index contributed by atoms with van der Waals surface area (Å²) in [5.41, 5.74) is 5.60. The number of esters is 1. The zero-order chi connectivity index (χ0) is 14.0. The molecule has 106 valence electrons. The molecule has 1 amide bonds. The molecule has 0 aromatic carbocycles. The van der Waals surface area contributed by atoms with Crippen molar-refractivity contribution in [2.75, 3.05) is 19.7 Å². The summed E-state index contributed by atoms with van der Waals surface area (Å²) in [5, 5.41) is 10.5. The molecule has 0 aliphatic heterocycles. The lowest BCUT2D eigenvalue weighted by atomic mass is 9.94. The zero-order valence-corrected chi connectivity index (χ0v) is 11.1. The third kappa shape index (κ3) is 9.89. The van der Waals surface area contributed by atoms with Gasteiger partial charge in [0.15, 0.2) is 0 Å². The van der Waals surface area contributed by atoms with Crippen LogP contribution < -0.4 is 11.1 Å². The van der Waals surface area contributed by atoms with E-state index in [1.54, 1.807) is 0 Å². The minimum atomic E-state index is -1.07. The molecule has 0 radical (unpaired) electrons. The van der Waals surface area contributed by atoms with E-state index < -0.39 is 6.09 Å². The van der Waals surface area contributed by atoms with Gasteiger partial charge in [-0.25, -0.2) is 4.79 Å². The maximum Gasteiger partial charge on any atom is 0.404 e. The lowest BCUT2D eigenvalue weighted by Crippen LogP contribution is -2.24. The van der Waals surface area contributed by atoms with Crippen LogP contribution in [0.2, 0.25) is 0 Å². The van der Waals surface area contributed by atoms with Crippen LogP contribution in [0.25, 0.3) is 0 Å². The van der Waals surface area contributed by atoms with Crippen molar-refractivity contribution in [2.45, 2.75) is 33.1 Å². The Balaban J connectivity index is 3.65. The number of hydrogen-bond donors (Lipinski definition) is 3. The second-order valence-corrected chi connectivity index (χ2v) is 4.74. The molecule has 0 rings (SSSR count). The van der Waals surface area contributed by atoms with Crippen LogP contribution in [0.15, 0.2) is 0 Å². The molecule has 6 heteroatoms. The SMILES string of the molecule is CC(C)CC(CN)CC(=O)OCCCNC(=O)O. The molecule has 0 bridgehead atoms. The predicted octanol–water partition coefficient (Wildman–Crippen LogP) is 1.20. The van der Waals surface area contributed by atoms with Gasteiger partial charge in [0, 0.05) is 13.0 Å². The number of carbonyl (C=O) groups is 2. The van der Waals surface area contributed by atoms with E-state index in [4.69, 9.17) is 15.6 Å². The molecule has 1 unspecified atom stereocenters. The van der Waals surface area contributed by atoms with Gasteiger partial charge in [0.05, 0.1) is 6.61 Å². The third-order valence-electron chi connectivity index (χ3n) is 2.45. The summed E-state index contributed by atoms with van der Waals surface area (Å²) in [4.78, 5) is 21.6.